The van der Waals surface area contributed by atoms with E-state index in [2.05, 4.69) is 25.9 Å². The standard InChI is InChI=1S/C8H7BrN2.C2H6/c1-5-10-7-4-2-3-6(9)8(7)11-5;1-2/h2-4H,1H3,(H,10,11);1-2H3. The molecule has 1 N–H and O–H groups in total. The van der Waals surface area contributed by atoms with Crippen LogP contribution in [-0.2, 0) is 0 Å². The van der Waals surface area contributed by atoms with Gasteiger partial charge in [-0.2, -0.15) is 0 Å². The van der Waals surface area contributed by atoms with E-state index in [9.17, 15) is 0 Å². The lowest BCUT2D eigenvalue weighted by atomic mass is 10.3. The molecule has 1 heterocycles. The fourth-order valence-corrected chi connectivity index (χ4v) is 1.58. The number of imidazole rings is 1. The predicted molar refractivity (Wildman–Crippen MR) is 59.9 cm³/mol. The molecule has 0 atom stereocenters. The number of aryl methyl sites for hydroxylation is 1. The van der Waals surface area contributed by atoms with Crippen LogP contribution < -0.4 is 0 Å². The molecule has 0 unspecified atom stereocenters. The molecule has 0 saturated carbocycles. The van der Waals surface area contributed by atoms with E-state index in [0.29, 0.717) is 0 Å². The van der Waals surface area contributed by atoms with E-state index in [-0.39, 0.29) is 0 Å². The fourth-order valence-electron chi connectivity index (χ4n) is 1.12. The van der Waals surface area contributed by atoms with Gasteiger partial charge in [0.25, 0.3) is 0 Å². The number of para-hydroxylation sites is 1. The monoisotopic (exact) mass is 240 g/mol. The first-order valence-corrected chi connectivity index (χ1v) is 5.17. The van der Waals surface area contributed by atoms with Gasteiger partial charge in [-0.15, -0.1) is 0 Å². The van der Waals surface area contributed by atoms with Crippen LogP contribution in [0.5, 0.6) is 0 Å². The van der Waals surface area contributed by atoms with Crippen LogP contribution in [0.4, 0.5) is 0 Å². The summed E-state index contributed by atoms with van der Waals surface area (Å²) < 4.78 is 1.04. The fraction of sp³-hybridized carbons (Fsp3) is 0.300. The Bertz CT molecular complexity index is 393. The van der Waals surface area contributed by atoms with Crippen molar-refractivity contribution in [3.63, 3.8) is 0 Å². The van der Waals surface area contributed by atoms with Crippen molar-refractivity contribution in [2.75, 3.05) is 0 Å². The minimum Gasteiger partial charge on any atom is -0.342 e. The van der Waals surface area contributed by atoms with Gasteiger partial charge in [0, 0.05) is 4.47 Å². The normalized spacial score (nSPS) is 9.54. The summed E-state index contributed by atoms with van der Waals surface area (Å²) in [6, 6.07) is 5.99. The third-order valence-corrected chi connectivity index (χ3v) is 2.22. The van der Waals surface area contributed by atoms with E-state index in [0.717, 1.165) is 21.3 Å². The second-order valence-corrected chi connectivity index (χ2v) is 3.31. The van der Waals surface area contributed by atoms with Gasteiger partial charge in [-0.25, -0.2) is 4.98 Å². The Kier molecular flexibility index (Phi) is 3.48. The van der Waals surface area contributed by atoms with Crippen molar-refractivity contribution in [3.05, 3.63) is 28.5 Å². The molecular weight excluding hydrogens is 228 g/mol. The molecule has 1 aromatic carbocycles. The number of rotatable bonds is 0. The highest BCUT2D eigenvalue weighted by Gasteiger charge is 2.00. The molecule has 0 bridgehead atoms. The van der Waals surface area contributed by atoms with Gasteiger partial charge >= 0.3 is 0 Å². The average Bonchev–Trinajstić information content (AvgIpc) is 2.51. The molecule has 0 aliphatic heterocycles. The summed E-state index contributed by atoms with van der Waals surface area (Å²) >= 11 is 3.43. The maximum Gasteiger partial charge on any atom is 0.104 e. The first kappa shape index (κ1) is 10.3. The first-order valence-electron chi connectivity index (χ1n) is 4.38. The van der Waals surface area contributed by atoms with Crippen molar-refractivity contribution in [2.24, 2.45) is 0 Å². The number of fused-ring (bicyclic) bond motifs is 1. The van der Waals surface area contributed by atoms with Gasteiger partial charge in [0.05, 0.1) is 5.52 Å². The van der Waals surface area contributed by atoms with Crippen LogP contribution in [-0.4, -0.2) is 9.97 Å². The number of benzene rings is 1. The second kappa shape index (κ2) is 4.42. The number of H-pyrrole nitrogens is 1. The Labute approximate surface area is 86.5 Å². The van der Waals surface area contributed by atoms with Gasteiger partial charge in [0.2, 0.25) is 0 Å². The van der Waals surface area contributed by atoms with E-state index in [1.54, 1.807) is 0 Å². The molecule has 3 heteroatoms. The molecule has 0 aliphatic rings. The molecule has 2 nitrogen and oxygen atoms in total. The van der Waals surface area contributed by atoms with Gasteiger partial charge in [0.1, 0.15) is 11.3 Å². The maximum absolute atomic E-state index is 4.31. The number of nitrogens with zero attached hydrogens (tertiary/aromatic N) is 1. The molecule has 0 radical (unpaired) electrons. The lowest BCUT2D eigenvalue weighted by Crippen LogP contribution is -1.69. The summed E-state index contributed by atoms with van der Waals surface area (Å²) in [7, 11) is 0. The highest BCUT2D eigenvalue weighted by molar-refractivity contribution is 9.10. The summed E-state index contributed by atoms with van der Waals surface area (Å²) in [6.07, 6.45) is 0. The average molecular weight is 241 g/mol. The molecule has 0 spiro atoms. The molecular formula is C10H13BrN2. The van der Waals surface area contributed by atoms with Crippen LogP contribution in [0.3, 0.4) is 0 Å². The zero-order valence-corrected chi connectivity index (χ0v) is 9.64. The summed E-state index contributed by atoms with van der Waals surface area (Å²) in [6.45, 7) is 5.95. The Morgan fingerprint density at radius 3 is 2.62 bits per heavy atom. The van der Waals surface area contributed by atoms with Crippen LogP contribution >= 0.6 is 15.9 Å². The minimum absolute atomic E-state index is 0.951. The molecule has 1 aromatic heterocycles. The molecule has 0 saturated heterocycles. The molecule has 13 heavy (non-hydrogen) atoms. The van der Waals surface area contributed by atoms with Gasteiger partial charge in [-0.3, -0.25) is 0 Å². The molecule has 0 fully saturated rings. The van der Waals surface area contributed by atoms with Crippen LogP contribution in [0.2, 0.25) is 0 Å². The summed E-state index contributed by atoms with van der Waals surface area (Å²) in [5.41, 5.74) is 2.09. The number of hydrogen-bond acceptors (Lipinski definition) is 1. The molecule has 0 amide bonds. The number of aromatic nitrogens is 2. The molecule has 0 aliphatic carbocycles. The molecule has 2 rings (SSSR count). The Hall–Kier alpha value is -0.830. The third-order valence-electron chi connectivity index (χ3n) is 1.58. The largest absolute Gasteiger partial charge is 0.342 e. The smallest absolute Gasteiger partial charge is 0.104 e. The van der Waals surface area contributed by atoms with E-state index in [4.69, 9.17) is 0 Å². The SMILES string of the molecule is CC.Cc1nc2c(Br)cccc2[nH]1. The number of aromatic amines is 1. The Morgan fingerprint density at radius 2 is 2.00 bits per heavy atom. The van der Waals surface area contributed by atoms with Gasteiger partial charge in [-0.05, 0) is 35.0 Å². The van der Waals surface area contributed by atoms with Crippen molar-refractivity contribution in [3.8, 4) is 0 Å². The van der Waals surface area contributed by atoms with Crippen LogP contribution in [0.25, 0.3) is 11.0 Å². The second-order valence-electron chi connectivity index (χ2n) is 2.46. The van der Waals surface area contributed by atoms with Crippen molar-refractivity contribution < 1.29 is 0 Å². The summed E-state index contributed by atoms with van der Waals surface area (Å²) in [5.74, 6) is 0.951. The van der Waals surface area contributed by atoms with Gasteiger partial charge in [-0.1, -0.05) is 19.9 Å². The van der Waals surface area contributed by atoms with E-state index in [1.807, 2.05) is 39.0 Å². The van der Waals surface area contributed by atoms with Crippen molar-refractivity contribution >= 4 is 27.0 Å². The minimum atomic E-state index is 0.951. The summed E-state index contributed by atoms with van der Waals surface area (Å²) in [4.78, 5) is 7.47. The van der Waals surface area contributed by atoms with Crippen molar-refractivity contribution in [2.45, 2.75) is 20.8 Å². The quantitative estimate of drug-likeness (QED) is 0.749. The number of halogens is 1. The van der Waals surface area contributed by atoms with E-state index in [1.165, 1.54) is 0 Å². The predicted octanol–water partition coefficient (Wildman–Crippen LogP) is 3.66. The van der Waals surface area contributed by atoms with Gasteiger partial charge in [0.15, 0.2) is 0 Å². The Morgan fingerprint density at radius 1 is 1.31 bits per heavy atom. The summed E-state index contributed by atoms with van der Waals surface area (Å²) in [5, 5.41) is 0. The van der Waals surface area contributed by atoms with Gasteiger partial charge < -0.3 is 4.98 Å². The Balaban J connectivity index is 0.000000396. The zero-order valence-electron chi connectivity index (χ0n) is 8.06. The lowest BCUT2D eigenvalue weighted by Gasteiger charge is -1.88. The maximum atomic E-state index is 4.31. The van der Waals surface area contributed by atoms with Crippen LogP contribution in [0.1, 0.15) is 19.7 Å². The molecule has 70 valence electrons. The van der Waals surface area contributed by atoms with Crippen LogP contribution in [0, 0.1) is 6.92 Å². The topological polar surface area (TPSA) is 28.7 Å². The molecule has 2 aromatic rings. The van der Waals surface area contributed by atoms with Crippen molar-refractivity contribution in [1.82, 2.24) is 9.97 Å². The first-order chi connectivity index (χ1) is 6.27. The van der Waals surface area contributed by atoms with E-state index < -0.39 is 0 Å². The number of nitrogens with one attached hydrogen (secondary N) is 1. The van der Waals surface area contributed by atoms with E-state index >= 15 is 0 Å². The zero-order chi connectivity index (χ0) is 9.84. The highest BCUT2D eigenvalue weighted by atomic mass is 79.9. The van der Waals surface area contributed by atoms with Crippen LogP contribution in [0.15, 0.2) is 22.7 Å². The van der Waals surface area contributed by atoms with Crippen molar-refractivity contribution in [1.29, 1.82) is 0 Å². The number of hydrogen-bond donors (Lipinski definition) is 1. The third kappa shape index (κ3) is 2.10. The lowest BCUT2D eigenvalue weighted by molar-refractivity contribution is 1.17. The highest BCUT2D eigenvalue weighted by Crippen LogP contribution is 2.20.